The van der Waals surface area contributed by atoms with Gasteiger partial charge in [0.25, 0.3) is 0 Å². The summed E-state index contributed by atoms with van der Waals surface area (Å²) in [6.45, 7) is 5.65. The van der Waals surface area contributed by atoms with Gasteiger partial charge in [0, 0.05) is 0 Å². The summed E-state index contributed by atoms with van der Waals surface area (Å²) in [5.74, 6) is -1.14. The van der Waals surface area contributed by atoms with Crippen LogP contribution in [0.4, 0.5) is 4.79 Å². The molecule has 1 amide bonds. The Balaban J connectivity index is 2.19. The zero-order valence-corrected chi connectivity index (χ0v) is 12.3. The summed E-state index contributed by atoms with van der Waals surface area (Å²) in [5, 5.41) is 8.88. The maximum Gasteiger partial charge on any atom is 0.413 e. The Hall–Kier alpha value is -1.30. The summed E-state index contributed by atoms with van der Waals surface area (Å²) in [6, 6.07) is 0. The summed E-state index contributed by atoms with van der Waals surface area (Å²) in [5.41, 5.74) is -1.09. The van der Waals surface area contributed by atoms with E-state index in [1.54, 1.807) is 4.90 Å². The molecule has 0 aromatic heterocycles. The Labute approximate surface area is 119 Å². The molecule has 2 fully saturated rings. The van der Waals surface area contributed by atoms with Crippen LogP contribution in [0.5, 0.6) is 0 Å². The molecule has 2 rings (SSSR count). The van der Waals surface area contributed by atoms with Gasteiger partial charge >= 0.3 is 12.1 Å². The van der Waals surface area contributed by atoms with E-state index < -0.39 is 29.4 Å². The predicted molar refractivity (Wildman–Crippen MR) is 71.3 cm³/mol. The molecule has 1 saturated carbocycles. The number of carboxylic acids is 1. The predicted octanol–water partition coefficient (Wildman–Crippen LogP) is 2.37. The van der Waals surface area contributed by atoms with E-state index in [2.05, 4.69) is 0 Å². The van der Waals surface area contributed by atoms with E-state index in [4.69, 9.17) is 14.6 Å². The number of hydrogen-bond acceptors (Lipinski definition) is 4. The van der Waals surface area contributed by atoms with Crippen molar-refractivity contribution >= 4 is 12.1 Å². The fourth-order valence-corrected chi connectivity index (χ4v) is 3.13. The number of carbonyl (C=O) groups excluding carboxylic acids is 1. The Morgan fingerprint density at radius 2 is 1.85 bits per heavy atom. The quantitative estimate of drug-likeness (QED) is 0.843. The number of carbonyl (C=O) groups is 2. The van der Waals surface area contributed by atoms with Crippen molar-refractivity contribution in [1.82, 2.24) is 4.90 Å². The fraction of sp³-hybridized carbons (Fsp3) is 0.857. The largest absolute Gasteiger partial charge is 0.479 e. The molecular formula is C14H23NO5. The summed E-state index contributed by atoms with van der Waals surface area (Å²) >= 11 is 0. The van der Waals surface area contributed by atoms with Gasteiger partial charge in [-0.05, 0) is 46.5 Å². The third kappa shape index (κ3) is 2.61. The minimum absolute atomic E-state index is 0.448. The van der Waals surface area contributed by atoms with E-state index in [1.165, 1.54) is 6.92 Å². The second kappa shape index (κ2) is 5.24. The molecule has 1 aliphatic heterocycles. The standard InChI is InChI=1S/C14H23NO5/c1-10(11(16)17)20-12(18)15-13(2,3)9-19-14(15)7-5-4-6-8-14/h10H,4-9H2,1-3H3,(H,16,17)/t10-/m1/s1. The number of carboxylic acid groups (broad SMARTS) is 1. The van der Waals surface area contributed by atoms with Crippen molar-refractivity contribution in [2.45, 2.75) is 70.2 Å². The highest BCUT2D eigenvalue weighted by Gasteiger charge is 2.55. The van der Waals surface area contributed by atoms with Crippen molar-refractivity contribution in [3.8, 4) is 0 Å². The maximum atomic E-state index is 12.4. The zero-order valence-electron chi connectivity index (χ0n) is 12.3. The lowest BCUT2D eigenvalue weighted by Crippen LogP contribution is -2.57. The van der Waals surface area contributed by atoms with Crippen molar-refractivity contribution in [1.29, 1.82) is 0 Å². The van der Waals surface area contributed by atoms with Crippen LogP contribution in [0.1, 0.15) is 52.9 Å². The van der Waals surface area contributed by atoms with Crippen LogP contribution >= 0.6 is 0 Å². The van der Waals surface area contributed by atoms with Crippen LogP contribution in [-0.2, 0) is 14.3 Å². The van der Waals surface area contributed by atoms with Gasteiger partial charge in [0.15, 0.2) is 6.10 Å². The van der Waals surface area contributed by atoms with Gasteiger partial charge in [0.2, 0.25) is 0 Å². The van der Waals surface area contributed by atoms with Gasteiger partial charge in [-0.2, -0.15) is 0 Å². The van der Waals surface area contributed by atoms with Crippen LogP contribution in [0.3, 0.4) is 0 Å². The maximum absolute atomic E-state index is 12.4. The van der Waals surface area contributed by atoms with E-state index in [1.807, 2.05) is 13.8 Å². The van der Waals surface area contributed by atoms with Crippen LogP contribution in [0.2, 0.25) is 0 Å². The Morgan fingerprint density at radius 3 is 2.40 bits per heavy atom. The molecule has 20 heavy (non-hydrogen) atoms. The van der Waals surface area contributed by atoms with E-state index >= 15 is 0 Å². The minimum atomic E-state index is -1.15. The van der Waals surface area contributed by atoms with Crippen molar-refractivity contribution in [3.63, 3.8) is 0 Å². The van der Waals surface area contributed by atoms with Crippen LogP contribution in [0.25, 0.3) is 0 Å². The molecule has 114 valence electrons. The normalized spacial score (nSPS) is 25.4. The second-order valence-electron chi connectivity index (χ2n) is 6.31. The van der Waals surface area contributed by atoms with Gasteiger partial charge in [-0.25, -0.2) is 9.59 Å². The van der Waals surface area contributed by atoms with Gasteiger partial charge in [0.1, 0.15) is 5.72 Å². The lowest BCUT2D eigenvalue weighted by Gasteiger charge is -2.43. The van der Waals surface area contributed by atoms with Gasteiger partial charge in [-0.15, -0.1) is 0 Å². The molecular weight excluding hydrogens is 262 g/mol. The first-order valence-corrected chi connectivity index (χ1v) is 7.16. The molecule has 0 unspecified atom stereocenters. The number of ether oxygens (including phenoxy) is 2. The first-order valence-electron chi connectivity index (χ1n) is 7.16. The molecule has 6 nitrogen and oxygen atoms in total. The van der Waals surface area contributed by atoms with Crippen molar-refractivity contribution in [2.24, 2.45) is 0 Å². The molecule has 2 aliphatic rings. The van der Waals surface area contributed by atoms with Gasteiger partial charge in [0.05, 0.1) is 12.1 Å². The summed E-state index contributed by atoms with van der Waals surface area (Å²) < 4.78 is 11.0. The Morgan fingerprint density at radius 1 is 1.25 bits per heavy atom. The molecule has 0 bridgehead atoms. The average molecular weight is 285 g/mol. The molecule has 6 heteroatoms. The lowest BCUT2D eigenvalue weighted by atomic mass is 9.89. The molecule has 0 aromatic rings. The van der Waals surface area contributed by atoms with E-state index in [0.29, 0.717) is 6.61 Å². The highest BCUT2D eigenvalue weighted by molar-refractivity contribution is 5.77. The Bertz CT molecular complexity index is 400. The van der Waals surface area contributed by atoms with Crippen LogP contribution in [0, 0.1) is 0 Å². The molecule has 1 aliphatic carbocycles. The first kappa shape index (κ1) is 15.1. The molecule has 1 spiro atoms. The average Bonchev–Trinajstić information content (AvgIpc) is 2.61. The molecule has 1 heterocycles. The molecule has 1 atom stereocenters. The fourth-order valence-electron chi connectivity index (χ4n) is 3.13. The topological polar surface area (TPSA) is 76.1 Å². The van der Waals surface area contributed by atoms with Crippen LogP contribution in [-0.4, -0.2) is 46.0 Å². The monoisotopic (exact) mass is 285 g/mol. The highest BCUT2D eigenvalue weighted by Crippen LogP contribution is 2.44. The molecule has 0 radical (unpaired) electrons. The first-order chi connectivity index (χ1) is 9.28. The number of nitrogens with zero attached hydrogens (tertiary/aromatic N) is 1. The van der Waals surface area contributed by atoms with Crippen LogP contribution < -0.4 is 0 Å². The summed E-state index contributed by atoms with van der Waals surface area (Å²) in [7, 11) is 0. The second-order valence-corrected chi connectivity index (χ2v) is 6.31. The SMILES string of the molecule is C[C@@H](OC(=O)N1C(C)(C)COC12CCCCC2)C(=O)O. The van der Waals surface area contributed by atoms with E-state index in [9.17, 15) is 9.59 Å². The van der Waals surface area contributed by atoms with Gasteiger partial charge < -0.3 is 14.6 Å². The third-order valence-electron chi connectivity index (χ3n) is 4.15. The van der Waals surface area contributed by atoms with E-state index in [-0.39, 0.29) is 0 Å². The number of amides is 1. The summed E-state index contributed by atoms with van der Waals surface area (Å²) in [4.78, 5) is 24.9. The third-order valence-corrected chi connectivity index (χ3v) is 4.15. The minimum Gasteiger partial charge on any atom is -0.479 e. The highest BCUT2D eigenvalue weighted by atomic mass is 16.6. The smallest absolute Gasteiger partial charge is 0.413 e. The lowest BCUT2D eigenvalue weighted by molar-refractivity contribution is -0.149. The van der Waals surface area contributed by atoms with Crippen molar-refractivity contribution in [2.75, 3.05) is 6.61 Å². The Kier molecular flexibility index (Phi) is 3.95. The summed E-state index contributed by atoms with van der Waals surface area (Å²) in [6.07, 6.45) is 2.98. The van der Waals surface area contributed by atoms with Crippen molar-refractivity contribution in [3.05, 3.63) is 0 Å². The van der Waals surface area contributed by atoms with Crippen LogP contribution in [0.15, 0.2) is 0 Å². The number of rotatable bonds is 2. The number of hydrogen-bond donors (Lipinski definition) is 1. The molecule has 0 aromatic carbocycles. The number of aliphatic carboxylic acids is 1. The molecule has 1 N–H and O–H groups in total. The van der Waals surface area contributed by atoms with Crippen molar-refractivity contribution < 1.29 is 24.2 Å². The van der Waals surface area contributed by atoms with Gasteiger partial charge in [-0.3, -0.25) is 4.90 Å². The van der Waals surface area contributed by atoms with Gasteiger partial charge in [-0.1, -0.05) is 6.42 Å². The van der Waals surface area contributed by atoms with E-state index in [0.717, 1.165) is 32.1 Å². The zero-order chi connectivity index (χ0) is 15.0. The molecule has 1 saturated heterocycles.